The van der Waals surface area contributed by atoms with E-state index in [0.29, 0.717) is 62.2 Å². The lowest BCUT2D eigenvalue weighted by atomic mass is 9.91. The molecule has 0 aromatic carbocycles. The molecule has 0 aliphatic carbocycles. The van der Waals surface area contributed by atoms with Crippen LogP contribution >= 0.6 is 0 Å². The highest BCUT2D eigenvalue weighted by Crippen LogP contribution is 2.32. The Kier molecular flexibility index (Phi) is 10.7. The van der Waals surface area contributed by atoms with Gasteiger partial charge in [-0.1, -0.05) is 13.8 Å². The van der Waals surface area contributed by atoms with Gasteiger partial charge in [-0.15, -0.1) is 0 Å². The average molecular weight is 578 g/mol. The molecule has 41 heavy (non-hydrogen) atoms. The number of nitrogen functional groups attached to an aromatic ring is 1. The maximum atomic E-state index is 12.4. The third-order valence-corrected chi connectivity index (χ3v) is 7.66. The molecule has 5 N–H and O–H groups in total. The number of anilines is 1. The van der Waals surface area contributed by atoms with E-state index in [4.69, 9.17) is 19.9 Å². The number of hydrogen-bond donors (Lipinski definition) is 4. The number of fused-ring (bicyclic) bond motifs is 1. The highest BCUT2D eigenvalue weighted by atomic mass is 16.6. The van der Waals surface area contributed by atoms with Crippen molar-refractivity contribution in [3.8, 4) is 0 Å². The Morgan fingerprint density at radius 3 is 2.61 bits per heavy atom. The number of aromatic nitrogens is 4. The minimum atomic E-state index is -1.40. The number of carbonyl (C=O) groups excluding carboxylic acids is 2. The first-order valence-electron chi connectivity index (χ1n) is 14.7. The van der Waals surface area contributed by atoms with Crippen molar-refractivity contribution in [2.75, 3.05) is 38.6 Å². The number of ether oxygens (including phenoxy) is 3. The smallest absolute Gasteiger partial charge is 0.410 e. The molecule has 5 heterocycles. The number of amides is 2. The van der Waals surface area contributed by atoms with Crippen molar-refractivity contribution in [3.05, 3.63) is 12.2 Å². The third kappa shape index (κ3) is 7.05. The van der Waals surface area contributed by atoms with Gasteiger partial charge in [-0.3, -0.25) is 9.36 Å². The van der Waals surface area contributed by atoms with Crippen LogP contribution in [0, 0.1) is 5.92 Å². The quantitative estimate of drug-likeness (QED) is 0.352. The number of likely N-dealkylation sites (N-methyl/N-ethyl adjacent to an activating group) is 1. The molecule has 5 atom stereocenters. The first-order valence-corrected chi connectivity index (χ1v) is 14.7. The molecular formula is C27H43N7O7. The van der Waals surface area contributed by atoms with E-state index in [-0.39, 0.29) is 18.0 Å². The number of aliphatic hydroxyl groups excluding tert-OH is 2. The number of nitrogens with two attached hydrogens (primary N) is 1. The lowest BCUT2D eigenvalue weighted by molar-refractivity contribution is -0.137. The molecule has 3 aliphatic heterocycles. The standard InChI is InChI=1S/C25H37N7O7.C2H6/c1-2-27-23(35)20-18(33)19(34)24(39-20)32-13-28-17-21(26)29-16(30-22(17)32)5-3-4-14-6-9-31(10-7-14)25(36)38-15-8-11-37-12-15;1-2/h13-15,18-20,24,33-34H,2-12H2,1H3,(H,27,35)(H2,26,29,30);1-2H3/t15?,18?,19-,20-,24+;/m0./s1. The van der Waals surface area contributed by atoms with Crippen molar-refractivity contribution >= 4 is 29.0 Å². The summed E-state index contributed by atoms with van der Waals surface area (Å²) in [6, 6.07) is 0. The second-order valence-corrected chi connectivity index (χ2v) is 10.4. The van der Waals surface area contributed by atoms with Crippen LogP contribution in [-0.4, -0.2) is 104 Å². The zero-order chi connectivity index (χ0) is 29.5. The van der Waals surface area contributed by atoms with E-state index in [1.807, 2.05) is 13.8 Å². The molecule has 2 aromatic heterocycles. The number of aryl methyl sites for hydroxylation is 1. The van der Waals surface area contributed by atoms with Crippen LogP contribution in [0.3, 0.4) is 0 Å². The van der Waals surface area contributed by atoms with E-state index in [2.05, 4.69) is 20.3 Å². The maximum absolute atomic E-state index is 12.4. The summed E-state index contributed by atoms with van der Waals surface area (Å²) in [4.78, 5) is 39.7. The molecule has 228 valence electrons. The summed E-state index contributed by atoms with van der Waals surface area (Å²) in [6.45, 7) is 8.60. The van der Waals surface area contributed by atoms with E-state index in [0.717, 1.165) is 32.1 Å². The van der Waals surface area contributed by atoms with Gasteiger partial charge in [0.2, 0.25) is 0 Å². The number of nitrogens with one attached hydrogen (secondary N) is 1. The summed E-state index contributed by atoms with van der Waals surface area (Å²) in [5.41, 5.74) is 6.88. The van der Waals surface area contributed by atoms with Crippen molar-refractivity contribution in [1.82, 2.24) is 29.7 Å². The summed E-state index contributed by atoms with van der Waals surface area (Å²) in [5, 5.41) is 23.6. The molecule has 0 radical (unpaired) electrons. The van der Waals surface area contributed by atoms with Crippen LogP contribution in [0.2, 0.25) is 0 Å². The molecular weight excluding hydrogens is 534 g/mol. The van der Waals surface area contributed by atoms with Gasteiger partial charge in [-0.25, -0.2) is 19.7 Å². The predicted molar refractivity (Wildman–Crippen MR) is 149 cm³/mol. The number of hydrogen-bond acceptors (Lipinski definition) is 11. The summed E-state index contributed by atoms with van der Waals surface area (Å²) < 4.78 is 18.0. The third-order valence-electron chi connectivity index (χ3n) is 7.66. The van der Waals surface area contributed by atoms with Gasteiger partial charge in [0.25, 0.3) is 5.91 Å². The fourth-order valence-corrected chi connectivity index (χ4v) is 5.44. The Hall–Kier alpha value is -3.07. The molecule has 14 heteroatoms. The molecule has 0 saturated carbocycles. The number of likely N-dealkylation sites (tertiary alicyclic amines) is 1. The van der Waals surface area contributed by atoms with Crippen LogP contribution in [-0.2, 0) is 25.4 Å². The largest absolute Gasteiger partial charge is 0.444 e. The van der Waals surface area contributed by atoms with Crippen LogP contribution in [0.25, 0.3) is 11.2 Å². The first kappa shape index (κ1) is 30.9. The summed E-state index contributed by atoms with van der Waals surface area (Å²) in [5.74, 6) is 0.735. The second kappa shape index (κ2) is 14.2. The molecule has 14 nitrogen and oxygen atoms in total. The van der Waals surface area contributed by atoms with Crippen molar-refractivity contribution < 1.29 is 34.0 Å². The van der Waals surface area contributed by atoms with Crippen LogP contribution in [0.4, 0.5) is 10.6 Å². The van der Waals surface area contributed by atoms with Gasteiger partial charge in [-0.05, 0) is 38.5 Å². The van der Waals surface area contributed by atoms with Gasteiger partial charge in [0.05, 0.1) is 19.5 Å². The Balaban J connectivity index is 0.00000189. The topological polar surface area (TPSA) is 187 Å². The molecule has 0 bridgehead atoms. The summed E-state index contributed by atoms with van der Waals surface area (Å²) in [6.07, 6.45) is 0.981. The molecule has 3 aliphatic rings. The van der Waals surface area contributed by atoms with Crippen molar-refractivity contribution in [3.63, 3.8) is 0 Å². The Morgan fingerprint density at radius 1 is 1.17 bits per heavy atom. The van der Waals surface area contributed by atoms with Crippen LogP contribution < -0.4 is 11.1 Å². The number of imidazole rings is 1. The van der Waals surface area contributed by atoms with Gasteiger partial charge < -0.3 is 40.4 Å². The summed E-state index contributed by atoms with van der Waals surface area (Å²) >= 11 is 0. The molecule has 0 spiro atoms. The average Bonchev–Trinajstić information content (AvgIpc) is 3.71. The van der Waals surface area contributed by atoms with E-state index in [9.17, 15) is 19.8 Å². The predicted octanol–water partition coefficient (Wildman–Crippen LogP) is 1.15. The summed E-state index contributed by atoms with van der Waals surface area (Å²) in [7, 11) is 0. The Labute approximate surface area is 239 Å². The molecule has 2 unspecified atom stereocenters. The van der Waals surface area contributed by atoms with Crippen molar-refractivity contribution in [2.45, 2.75) is 89.9 Å². The van der Waals surface area contributed by atoms with E-state index in [1.54, 1.807) is 11.8 Å². The molecule has 2 amide bonds. The SMILES string of the molecule is CC.CCNC(=O)[C@H]1O[C@@H](n2cnc3c(N)nc(CCCC4CCN(C(=O)OC5CCOC5)CC4)nc32)[C@@H](O)C1O. The van der Waals surface area contributed by atoms with Gasteiger partial charge in [0.1, 0.15) is 29.7 Å². The number of nitrogens with zero attached hydrogens (tertiary/aromatic N) is 5. The van der Waals surface area contributed by atoms with E-state index >= 15 is 0 Å². The van der Waals surface area contributed by atoms with Crippen LogP contribution in [0.15, 0.2) is 6.33 Å². The Bertz CT molecular complexity index is 1160. The number of piperidine rings is 1. The van der Waals surface area contributed by atoms with Crippen LogP contribution in [0.1, 0.15) is 64.9 Å². The molecule has 3 fully saturated rings. The van der Waals surface area contributed by atoms with Gasteiger partial charge in [0, 0.05) is 32.5 Å². The lowest BCUT2D eigenvalue weighted by Gasteiger charge is -2.32. The Morgan fingerprint density at radius 2 is 1.93 bits per heavy atom. The highest BCUT2D eigenvalue weighted by molar-refractivity contribution is 5.83. The normalized spacial score (nSPS) is 26.6. The highest BCUT2D eigenvalue weighted by Gasteiger charge is 2.47. The van der Waals surface area contributed by atoms with E-state index in [1.165, 1.54) is 10.9 Å². The maximum Gasteiger partial charge on any atom is 0.410 e. The van der Waals surface area contributed by atoms with Crippen molar-refractivity contribution in [2.24, 2.45) is 5.92 Å². The fourth-order valence-electron chi connectivity index (χ4n) is 5.44. The first-order chi connectivity index (χ1) is 19.9. The van der Waals surface area contributed by atoms with E-state index < -0.39 is 30.4 Å². The zero-order valence-corrected chi connectivity index (χ0v) is 24.1. The molecule has 3 saturated heterocycles. The number of carbonyl (C=O) groups is 2. The minimum absolute atomic E-state index is 0.133. The minimum Gasteiger partial charge on any atom is -0.444 e. The lowest BCUT2D eigenvalue weighted by Crippen LogP contribution is -2.42. The van der Waals surface area contributed by atoms with Crippen LogP contribution in [0.5, 0.6) is 0 Å². The zero-order valence-electron chi connectivity index (χ0n) is 24.1. The van der Waals surface area contributed by atoms with Gasteiger partial charge in [0.15, 0.2) is 23.8 Å². The van der Waals surface area contributed by atoms with Gasteiger partial charge in [-0.2, -0.15) is 0 Å². The van der Waals surface area contributed by atoms with Crippen molar-refractivity contribution in [1.29, 1.82) is 0 Å². The number of aliphatic hydroxyl groups is 2. The fraction of sp³-hybridized carbons (Fsp3) is 0.741. The molecule has 2 aromatic rings. The molecule has 5 rings (SSSR count). The number of rotatable bonds is 8. The monoisotopic (exact) mass is 577 g/mol. The second-order valence-electron chi connectivity index (χ2n) is 10.4. The van der Waals surface area contributed by atoms with Gasteiger partial charge >= 0.3 is 6.09 Å².